The van der Waals surface area contributed by atoms with Crippen LogP contribution in [0.25, 0.3) is 0 Å². The van der Waals surface area contributed by atoms with Crippen LogP contribution in [0, 0.1) is 11.8 Å². The average Bonchev–Trinajstić information content (AvgIpc) is 2.77. The molecule has 2 rings (SSSR count). The number of likely N-dealkylation sites (tertiary alicyclic amines) is 1. The second-order valence-corrected chi connectivity index (χ2v) is 5.50. The van der Waals surface area contributed by atoms with E-state index >= 15 is 0 Å². The molecule has 15 heavy (non-hydrogen) atoms. The Bertz CT molecular complexity index is 189. The molecule has 2 atom stereocenters. The SMILES string of the molecule is CN1CCC(CN(C)CC2CCNC2)C1. The van der Waals surface area contributed by atoms with Crippen molar-refractivity contribution in [1.82, 2.24) is 15.1 Å². The first-order chi connectivity index (χ1) is 7.24. The van der Waals surface area contributed by atoms with Crippen LogP contribution < -0.4 is 5.32 Å². The van der Waals surface area contributed by atoms with Crippen molar-refractivity contribution in [3.63, 3.8) is 0 Å². The summed E-state index contributed by atoms with van der Waals surface area (Å²) in [5.74, 6) is 1.81. The van der Waals surface area contributed by atoms with Crippen molar-refractivity contribution in [2.45, 2.75) is 12.8 Å². The lowest BCUT2D eigenvalue weighted by Gasteiger charge is -2.23. The van der Waals surface area contributed by atoms with Gasteiger partial charge in [-0.3, -0.25) is 0 Å². The highest BCUT2D eigenvalue weighted by molar-refractivity contribution is 4.78. The molecule has 3 heteroatoms. The molecule has 0 aromatic carbocycles. The zero-order chi connectivity index (χ0) is 10.7. The topological polar surface area (TPSA) is 18.5 Å². The summed E-state index contributed by atoms with van der Waals surface area (Å²) in [6, 6.07) is 0. The Hall–Kier alpha value is -0.120. The van der Waals surface area contributed by atoms with Crippen LogP contribution in [0.1, 0.15) is 12.8 Å². The van der Waals surface area contributed by atoms with Crippen molar-refractivity contribution in [2.75, 3.05) is 53.4 Å². The summed E-state index contributed by atoms with van der Waals surface area (Å²) in [6.07, 6.45) is 2.76. The van der Waals surface area contributed by atoms with E-state index in [0.717, 1.165) is 11.8 Å². The molecule has 0 radical (unpaired) electrons. The lowest BCUT2D eigenvalue weighted by Crippen LogP contribution is -2.32. The van der Waals surface area contributed by atoms with Crippen LogP contribution in [0.15, 0.2) is 0 Å². The normalized spacial score (nSPS) is 33.0. The van der Waals surface area contributed by atoms with Crippen molar-refractivity contribution in [3.05, 3.63) is 0 Å². The number of hydrogen-bond donors (Lipinski definition) is 1. The van der Waals surface area contributed by atoms with Crippen molar-refractivity contribution in [2.24, 2.45) is 11.8 Å². The van der Waals surface area contributed by atoms with E-state index in [1.165, 1.54) is 52.1 Å². The van der Waals surface area contributed by atoms with Crippen LogP contribution >= 0.6 is 0 Å². The molecule has 0 saturated carbocycles. The quantitative estimate of drug-likeness (QED) is 0.730. The van der Waals surface area contributed by atoms with E-state index < -0.39 is 0 Å². The third-order valence-electron chi connectivity index (χ3n) is 3.79. The van der Waals surface area contributed by atoms with Crippen LogP contribution in [0.4, 0.5) is 0 Å². The number of rotatable bonds is 4. The molecule has 2 aliphatic heterocycles. The highest BCUT2D eigenvalue weighted by Gasteiger charge is 2.22. The maximum atomic E-state index is 3.44. The molecule has 0 aromatic rings. The zero-order valence-electron chi connectivity index (χ0n) is 10.2. The first kappa shape index (κ1) is 11.4. The molecular weight excluding hydrogens is 186 g/mol. The predicted molar refractivity (Wildman–Crippen MR) is 64.1 cm³/mol. The fraction of sp³-hybridized carbons (Fsp3) is 1.00. The van der Waals surface area contributed by atoms with Gasteiger partial charge in [-0.25, -0.2) is 0 Å². The van der Waals surface area contributed by atoms with Gasteiger partial charge in [-0.15, -0.1) is 0 Å². The summed E-state index contributed by atoms with van der Waals surface area (Å²) >= 11 is 0. The third kappa shape index (κ3) is 3.44. The van der Waals surface area contributed by atoms with Crippen molar-refractivity contribution >= 4 is 0 Å². The van der Waals surface area contributed by atoms with Gasteiger partial charge in [0.05, 0.1) is 0 Å². The Balaban J connectivity index is 1.65. The van der Waals surface area contributed by atoms with Gasteiger partial charge in [0.1, 0.15) is 0 Å². The molecule has 2 unspecified atom stereocenters. The van der Waals surface area contributed by atoms with E-state index in [9.17, 15) is 0 Å². The molecule has 2 fully saturated rings. The van der Waals surface area contributed by atoms with E-state index in [0.29, 0.717) is 0 Å². The van der Waals surface area contributed by atoms with Crippen LogP contribution in [0.5, 0.6) is 0 Å². The standard InChI is InChI=1S/C12H25N3/c1-14-6-4-12(9-14)10-15(2)8-11-3-5-13-7-11/h11-13H,3-10H2,1-2H3. The summed E-state index contributed by atoms with van der Waals surface area (Å²) < 4.78 is 0. The maximum Gasteiger partial charge on any atom is 0.00194 e. The predicted octanol–water partition coefficient (Wildman–Crippen LogP) is 0.479. The monoisotopic (exact) mass is 211 g/mol. The number of nitrogens with one attached hydrogen (secondary N) is 1. The molecule has 0 spiro atoms. The molecule has 0 amide bonds. The molecule has 0 bridgehead atoms. The van der Waals surface area contributed by atoms with Crippen LogP contribution in [0.2, 0.25) is 0 Å². The minimum atomic E-state index is 0.897. The van der Waals surface area contributed by atoms with E-state index in [2.05, 4.69) is 29.2 Å². The van der Waals surface area contributed by atoms with E-state index in [1.54, 1.807) is 0 Å². The average molecular weight is 211 g/mol. The van der Waals surface area contributed by atoms with Gasteiger partial charge in [-0.1, -0.05) is 0 Å². The van der Waals surface area contributed by atoms with Crippen LogP contribution in [-0.4, -0.2) is 63.2 Å². The van der Waals surface area contributed by atoms with Crippen molar-refractivity contribution < 1.29 is 0 Å². The molecule has 0 aliphatic carbocycles. The molecule has 3 nitrogen and oxygen atoms in total. The molecule has 2 heterocycles. The summed E-state index contributed by atoms with van der Waals surface area (Å²) in [5.41, 5.74) is 0. The molecule has 2 aliphatic rings. The van der Waals surface area contributed by atoms with Gasteiger partial charge in [0.15, 0.2) is 0 Å². The second kappa shape index (κ2) is 5.28. The maximum absolute atomic E-state index is 3.44. The fourth-order valence-electron chi connectivity index (χ4n) is 3.00. The van der Waals surface area contributed by atoms with Gasteiger partial charge in [-0.2, -0.15) is 0 Å². The summed E-state index contributed by atoms with van der Waals surface area (Å²) in [5, 5.41) is 3.44. The van der Waals surface area contributed by atoms with Gasteiger partial charge in [0.25, 0.3) is 0 Å². The smallest absolute Gasteiger partial charge is 0.00194 e. The van der Waals surface area contributed by atoms with Gasteiger partial charge in [-0.05, 0) is 58.4 Å². The van der Waals surface area contributed by atoms with Crippen LogP contribution in [-0.2, 0) is 0 Å². The Labute approximate surface area is 93.8 Å². The van der Waals surface area contributed by atoms with Gasteiger partial charge in [0, 0.05) is 19.6 Å². The van der Waals surface area contributed by atoms with Gasteiger partial charge < -0.3 is 15.1 Å². The van der Waals surface area contributed by atoms with Crippen molar-refractivity contribution in [1.29, 1.82) is 0 Å². The molecule has 0 aromatic heterocycles. The highest BCUT2D eigenvalue weighted by Crippen LogP contribution is 2.16. The Morgan fingerprint density at radius 2 is 2.07 bits per heavy atom. The van der Waals surface area contributed by atoms with Gasteiger partial charge in [0.2, 0.25) is 0 Å². The number of hydrogen-bond acceptors (Lipinski definition) is 3. The Morgan fingerprint density at radius 3 is 2.67 bits per heavy atom. The van der Waals surface area contributed by atoms with Gasteiger partial charge >= 0.3 is 0 Å². The summed E-state index contributed by atoms with van der Waals surface area (Å²) in [4.78, 5) is 5.00. The summed E-state index contributed by atoms with van der Waals surface area (Å²) in [7, 11) is 4.53. The first-order valence-corrected chi connectivity index (χ1v) is 6.32. The van der Waals surface area contributed by atoms with E-state index in [-0.39, 0.29) is 0 Å². The lowest BCUT2D eigenvalue weighted by atomic mass is 10.1. The lowest BCUT2D eigenvalue weighted by molar-refractivity contribution is 0.243. The molecular formula is C12H25N3. The highest BCUT2D eigenvalue weighted by atomic mass is 15.2. The minimum absolute atomic E-state index is 0.897. The van der Waals surface area contributed by atoms with Crippen molar-refractivity contribution in [3.8, 4) is 0 Å². The number of nitrogens with zero attached hydrogens (tertiary/aromatic N) is 2. The largest absolute Gasteiger partial charge is 0.316 e. The molecule has 1 N–H and O–H groups in total. The van der Waals surface area contributed by atoms with Crippen LogP contribution in [0.3, 0.4) is 0 Å². The zero-order valence-corrected chi connectivity index (χ0v) is 10.2. The third-order valence-corrected chi connectivity index (χ3v) is 3.79. The summed E-state index contributed by atoms with van der Waals surface area (Å²) in [6.45, 7) is 7.63. The molecule has 88 valence electrons. The first-order valence-electron chi connectivity index (χ1n) is 6.32. The Morgan fingerprint density at radius 1 is 1.27 bits per heavy atom. The van der Waals surface area contributed by atoms with E-state index in [1.807, 2.05) is 0 Å². The Kier molecular flexibility index (Phi) is 4.00. The molecule has 2 saturated heterocycles. The van der Waals surface area contributed by atoms with E-state index in [4.69, 9.17) is 0 Å². The minimum Gasteiger partial charge on any atom is -0.316 e. The fourth-order valence-corrected chi connectivity index (χ4v) is 3.00. The second-order valence-electron chi connectivity index (χ2n) is 5.50.